The van der Waals surface area contributed by atoms with Gasteiger partial charge in [0.15, 0.2) is 0 Å². The van der Waals surface area contributed by atoms with E-state index in [1.165, 1.54) is 0 Å². The van der Waals surface area contributed by atoms with Crippen molar-refractivity contribution < 1.29 is 4.74 Å². The smallest absolute Gasteiger partial charge is 0.146 e. The zero-order valence-electron chi connectivity index (χ0n) is 16.8. The first kappa shape index (κ1) is 18.1. The molecule has 0 radical (unpaired) electrons. The van der Waals surface area contributed by atoms with Gasteiger partial charge in [0.25, 0.3) is 0 Å². The Morgan fingerprint density at radius 1 is 1.07 bits per heavy atom. The molecule has 0 amide bonds. The Kier molecular flexibility index (Phi) is 4.32. The van der Waals surface area contributed by atoms with Crippen LogP contribution in [0, 0.1) is 18.3 Å². The quantitative estimate of drug-likeness (QED) is 0.523. The number of pyridine rings is 2. The highest BCUT2D eigenvalue weighted by Crippen LogP contribution is 2.30. The summed E-state index contributed by atoms with van der Waals surface area (Å²) in [7, 11) is 1.92. The zero-order valence-corrected chi connectivity index (χ0v) is 16.8. The maximum atomic E-state index is 9.07. The van der Waals surface area contributed by atoms with Gasteiger partial charge in [-0.05, 0) is 48.4 Å². The average Bonchev–Trinajstić information content (AvgIpc) is 3.13. The van der Waals surface area contributed by atoms with E-state index in [-0.39, 0.29) is 0 Å². The summed E-state index contributed by atoms with van der Waals surface area (Å²) in [6.07, 6.45) is 6.09. The Morgan fingerprint density at radius 2 is 1.97 bits per heavy atom. The van der Waals surface area contributed by atoms with E-state index < -0.39 is 0 Å². The lowest BCUT2D eigenvalue weighted by Gasteiger charge is -2.30. The minimum Gasteiger partial charge on any atom is -0.456 e. The Hall–Kier alpha value is -3.92. The molecule has 0 N–H and O–H groups in total. The second-order valence-corrected chi connectivity index (χ2v) is 7.52. The van der Waals surface area contributed by atoms with Gasteiger partial charge in [-0.25, -0.2) is 4.98 Å². The fourth-order valence-electron chi connectivity index (χ4n) is 3.94. The summed E-state index contributed by atoms with van der Waals surface area (Å²) in [5.41, 5.74) is 4.87. The number of fused-ring (bicyclic) bond motifs is 2. The molecule has 148 valence electrons. The van der Waals surface area contributed by atoms with E-state index in [9.17, 15) is 0 Å². The van der Waals surface area contributed by atoms with Crippen LogP contribution in [-0.4, -0.2) is 26.3 Å². The second kappa shape index (κ2) is 7.16. The fourth-order valence-corrected chi connectivity index (χ4v) is 3.94. The highest BCUT2D eigenvalue weighted by molar-refractivity contribution is 5.80. The van der Waals surface area contributed by atoms with Crippen LogP contribution in [0.15, 0.2) is 48.9 Å². The van der Waals surface area contributed by atoms with Crippen molar-refractivity contribution in [2.24, 2.45) is 7.05 Å². The van der Waals surface area contributed by atoms with Crippen molar-refractivity contribution >= 4 is 16.7 Å². The Bertz CT molecular complexity index is 1300. The molecule has 0 atom stereocenters. The van der Waals surface area contributed by atoms with Gasteiger partial charge in [0, 0.05) is 43.8 Å². The molecule has 7 heteroatoms. The molecule has 1 aliphatic rings. The molecule has 0 saturated heterocycles. The maximum Gasteiger partial charge on any atom is 0.146 e. The van der Waals surface area contributed by atoms with E-state index in [1.54, 1.807) is 12.4 Å². The second-order valence-electron chi connectivity index (χ2n) is 7.52. The third-order valence-electron chi connectivity index (χ3n) is 5.45. The fraction of sp³-hybridized carbons (Fsp3) is 0.217. The van der Waals surface area contributed by atoms with E-state index in [4.69, 9.17) is 10.00 Å². The van der Waals surface area contributed by atoms with Crippen LogP contribution in [0.5, 0.6) is 11.5 Å². The number of aryl methyl sites for hydroxylation is 2. The Labute approximate surface area is 174 Å². The topological polar surface area (TPSA) is 79.9 Å². The number of anilines is 1. The van der Waals surface area contributed by atoms with E-state index in [0.717, 1.165) is 52.3 Å². The summed E-state index contributed by atoms with van der Waals surface area (Å²) < 4.78 is 7.93. The van der Waals surface area contributed by atoms with Gasteiger partial charge in [0.2, 0.25) is 0 Å². The molecule has 0 spiro atoms. The van der Waals surface area contributed by atoms with Crippen molar-refractivity contribution in [1.82, 2.24) is 19.7 Å². The van der Waals surface area contributed by atoms with Gasteiger partial charge in [-0.1, -0.05) is 0 Å². The minimum absolute atomic E-state index is 0.580. The molecule has 0 saturated carbocycles. The van der Waals surface area contributed by atoms with Gasteiger partial charge < -0.3 is 9.64 Å². The van der Waals surface area contributed by atoms with Gasteiger partial charge in [-0.15, -0.1) is 0 Å². The minimum atomic E-state index is 0.580. The van der Waals surface area contributed by atoms with E-state index in [2.05, 4.69) is 32.1 Å². The predicted molar refractivity (Wildman–Crippen MR) is 113 cm³/mol. The third kappa shape index (κ3) is 3.22. The molecule has 30 heavy (non-hydrogen) atoms. The molecule has 3 aromatic heterocycles. The van der Waals surface area contributed by atoms with Crippen LogP contribution in [0.2, 0.25) is 0 Å². The Morgan fingerprint density at radius 3 is 2.80 bits per heavy atom. The lowest BCUT2D eigenvalue weighted by Crippen LogP contribution is -2.32. The summed E-state index contributed by atoms with van der Waals surface area (Å²) >= 11 is 0. The van der Waals surface area contributed by atoms with Crippen molar-refractivity contribution in [2.75, 3.05) is 11.4 Å². The number of hydrogen-bond acceptors (Lipinski definition) is 6. The number of benzene rings is 1. The summed E-state index contributed by atoms with van der Waals surface area (Å²) in [6.45, 7) is 3.55. The van der Waals surface area contributed by atoms with Gasteiger partial charge >= 0.3 is 0 Å². The summed E-state index contributed by atoms with van der Waals surface area (Å²) in [4.78, 5) is 11.4. The molecule has 0 fully saturated rings. The molecule has 4 aromatic rings. The van der Waals surface area contributed by atoms with Crippen LogP contribution in [-0.2, 0) is 20.0 Å². The maximum absolute atomic E-state index is 9.07. The lowest BCUT2D eigenvalue weighted by molar-refractivity contribution is 0.478. The highest BCUT2D eigenvalue weighted by atomic mass is 16.5. The SMILES string of the molecule is Cc1cc(C#N)cnc1N1CCc2ncc(Oc3ccc4c(cnn4C)c3)cc2C1. The normalized spacial score (nSPS) is 13.2. The van der Waals surface area contributed by atoms with Crippen molar-refractivity contribution in [3.05, 3.63) is 71.3 Å². The number of ether oxygens (including phenoxy) is 1. The zero-order chi connectivity index (χ0) is 20.7. The monoisotopic (exact) mass is 396 g/mol. The molecule has 0 unspecified atom stereocenters. The van der Waals surface area contributed by atoms with Gasteiger partial charge in [-0.3, -0.25) is 9.67 Å². The highest BCUT2D eigenvalue weighted by Gasteiger charge is 2.21. The molecule has 1 aromatic carbocycles. The van der Waals surface area contributed by atoms with Crippen LogP contribution < -0.4 is 9.64 Å². The first-order valence-corrected chi connectivity index (χ1v) is 9.80. The summed E-state index contributed by atoms with van der Waals surface area (Å²) in [5, 5.41) is 14.4. The van der Waals surface area contributed by atoms with Crippen LogP contribution in [0.4, 0.5) is 5.82 Å². The van der Waals surface area contributed by atoms with Gasteiger partial charge in [0.1, 0.15) is 23.4 Å². The van der Waals surface area contributed by atoms with Crippen molar-refractivity contribution in [1.29, 1.82) is 5.26 Å². The lowest BCUT2D eigenvalue weighted by atomic mass is 10.0. The van der Waals surface area contributed by atoms with E-state index >= 15 is 0 Å². The largest absolute Gasteiger partial charge is 0.456 e. The Balaban J connectivity index is 1.39. The number of aromatic nitrogens is 4. The predicted octanol–water partition coefficient (Wildman–Crippen LogP) is 3.90. The van der Waals surface area contributed by atoms with E-state index in [1.807, 2.05) is 49.1 Å². The summed E-state index contributed by atoms with van der Waals surface area (Å²) in [6, 6.07) is 12.0. The van der Waals surface area contributed by atoms with Gasteiger partial charge in [0.05, 0.1) is 23.5 Å². The molecular formula is C23H20N6O. The molecule has 0 bridgehead atoms. The number of nitriles is 1. The van der Waals surface area contributed by atoms with Crippen LogP contribution >= 0.6 is 0 Å². The molecular weight excluding hydrogens is 376 g/mol. The number of hydrogen-bond donors (Lipinski definition) is 0. The van der Waals surface area contributed by atoms with Crippen molar-refractivity contribution in [3.63, 3.8) is 0 Å². The molecule has 0 aliphatic carbocycles. The first-order valence-electron chi connectivity index (χ1n) is 9.80. The molecule has 5 rings (SSSR count). The average molecular weight is 396 g/mol. The van der Waals surface area contributed by atoms with Crippen LogP contribution in [0.25, 0.3) is 10.9 Å². The first-order chi connectivity index (χ1) is 14.6. The number of rotatable bonds is 3. The van der Waals surface area contributed by atoms with E-state index in [0.29, 0.717) is 17.9 Å². The number of nitrogens with zero attached hydrogens (tertiary/aromatic N) is 6. The molecule has 7 nitrogen and oxygen atoms in total. The van der Waals surface area contributed by atoms with Crippen molar-refractivity contribution in [3.8, 4) is 17.6 Å². The van der Waals surface area contributed by atoms with Crippen LogP contribution in [0.1, 0.15) is 22.4 Å². The standard InChI is InChI=1S/C23H20N6O/c1-15-7-16(10-24)11-26-23(15)29-6-5-21-18(14-29)9-20(13-25-21)30-19-3-4-22-17(8-19)12-27-28(22)2/h3-4,7-9,11-13H,5-6,14H2,1-2H3. The summed E-state index contributed by atoms with van der Waals surface area (Å²) in [5.74, 6) is 2.38. The molecule has 1 aliphatic heterocycles. The van der Waals surface area contributed by atoms with Gasteiger partial charge in [-0.2, -0.15) is 10.4 Å². The van der Waals surface area contributed by atoms with Crippen molar-refractivity contribution in [2.45, 2.75) is 19.9 Å². The van der Waals surface area contributed by atoms with Crippen LogP contribution in [0.3, 0.4) is 0 Å². The third-order valence-corrected chi connectivity index (χ3v) is 5.45. The molecule has 4 heterocycles.